The minimum atomic E-state index is 0.408. The Bertz CT molecular complexity index is 553. The number of halogens is 2. The molecule has 0 fully saturated rings. The molecule has 0 radical (unpaired) electrons. The van der Waals surface area contributed by atoms with Crippen molar-refractivity contribution < 1.29 is 0 Å². The first-order valence-corrected chi connectivity index (χ1v) is 8.57. The Labute approximate surface area is 140 Å². The van der Waals surface area contributed by atoms with E-state index in [1.807, 2.05) is 12.1 Å². The van der Waals surface area contributed by atoms with Crippen LogP contribution in [0.25, 0.3) is 0 Å². The average Bonchev–Trinajstić information content (AvgIpc) is 2.49. The van der Waals surface area contributed by atoms with Crippen molar-refractivity contribution in [2.24, 2.45) is 0 Å². The number of hydrogen-bond acceptors (Lipinski definition) is 1. The van der Waals surface area contributed by atoms with Gasteiger partial charge in [0.1, 0.15) is 0 Å². The summed E-state index contributed by atoms with van der Waals surface area (Å²) >= 11 is 9.78. The molecule has 1 unspecified atom stereocenters. The van der Waals surface area contributed by atoms with Gasteiger partial charge in [-0.1, -0.05) is 64.8 Å². The van der Waals surface area contributed by atoms with Gasteiger partial charge < -0.3 is 5.32 Å². The van der Waals surface area contributed by atoms with Gasteiger partial charge >= 0.3 is 0 Å². The van der Waals surface area contributed by atoms with Gasteiger partial charge in [-0.15, -0.1) is 0 Å². The summed E-state index contributed by atoms with van der Waals surface area (Å²) in [4.78, 5) is 0. The van der Waals surface area contributed by atoms with Gasteiger partial charge in [0.15, 0.2) is 0 Å². The highest BCUT2D eigenvalue weighted by Gasteiger charge is 2.11. The molecule has 1 atom stereocenters. The Morgan fingerprint density at radius 3 is 2.43 bits per heavy atom. The topological polar surface area (TPSA) is 12.0 Å². The molecule has 0 saturated carbocycles. The van der Waals surface area contributed by atoms with Crippen molar-refractivity contribution in [2.75, 3.05) is 6.54 Å². The average molecular weight is 367 g/mol. The Kier molecular flexibility index (Phi) is 6.75. The first-order valence-electron chi connectivity index (χ1n) is 7.40. The predicted molar refractivity (Wildman–Crippen MR) is 95.1 cm³/mol. The summed E-state index contributed by atoms with van der Waals surface area (Å²) in [7, 11) is 0. The molecule has 2 aromatic carbocycles. The van der Waals surface area contributed by atoms with Crippen LogP contribution in [0.2, 0.25) is 5.02 Å². The van der Waals surface area contributed by atoms with E-state index in [0.29, 0.717) is 6.04 Å². The lowest BCUT2D eigenvalue weighted by Gasteiger charge is -2.19. The van der Waals surface area contributed by atoms with Crippen molar-refractivity contribution >= 4 is 27.5 Å². The van der Waals surface area contributed by atoms with Gasteiger partial charge in [-0.2, -0.15) is 0 Å². The van der Waals surface area contributed by atoms with Gasteiger partial charge in [0.05, 0.1) is 0 Å². The second-order valence-electron chi connectivity index (χ2n) is 5.28. The number of benzene rings is 2. The summed E-state index contributed by atoms with van der Waals surface area (Å²) in [5.41, 5.74) is 2.56. The SMILES string of the molecule is CCCNC(Cc1ccc(Br)cc1)Cc1ccccc1Cl. The van der Waals surface area contributed by atoms with Crippen LogP contribution in [0.4, 0.5) is 0 Å². The Morgan fingerprint density at radius 2 is 1.76 bits per heavy atom. The fourth-order valence-electron chi connectivity index (χ4n) is 2.40. The van der Waals surface area contributed by atoms with E-state index in [4.69, 9.17) is 11.6 Å². The molecular weight excluding hydrogens is 346 g/mol. The molecule has 1 N–H and O–H groups in total. The molecule has 0 bridgehead atoms. The van der Waals surface area contributed by atoms with E-state index in [1.54, 1.807) is 0 Å². The fraction of sp³-hybridized carbons (Fsp3) is 0.333. The Balaban J connectivity index is 2.07. The normalized spacial score (nSPS) is 12.3. The summed E-state index contributed by atoms with van der Waals surface area (Å²) in [5.74, 6) is 0. The molecule has 2 aromatic rings. The molecule has 0 saturated heterocycles. The van der Waals surface area contributed by atoms with Gasteiger partial charge in [0.25, 0.3) is 0 Å². The van der Waals surface area contributed by atoms with Crippen molar-refractivity contribution in [1.82, 2.24) is 5.32 Å². The Hall–Kier alpha value is -0.830. The zero-order chi connectivity index (χ0) is 15.1. The van der Waals surface area contributed by atoms with Crippen molar-refractivity contribution in [3.8, 4) is 0 Å². The maximum absolute atomic E-state index is 6.29. The van der Waals surface area contributed by atoms with E-state index < -0.39 is 0 Å². The number of nitrogens with one attached hydrogen (secondary N) is 1. The van der Waals surface area contributed by atoms with Crippen LogP contribution in [-0.4, -0.2) is 12.6 Å². The van der Waals surface area contributed by atoms with E-state index in [2.05, 4.69) is 64.6 Å². The van der Waals surface area contributed by atoms with E-state index in [1.165, 1.54) is 11.1 Å². The molecule has 2 rings (SSSR count). The highest BCUT2D eigenvalue weighted by Crippen LogP contribution is 2.19. The Morgan fingerprint density at radius 1 is 1.05 bits per heavy atom. The van der Waals surface area contributed by atoms with Crippen molar-refractivity contribution in [2.45, 2.75) is 32.2 Å². The zero-order valence-electron chi connectivity index (χ0n) is 12.3. The van der Waals surface area contributed by atoms with E-state index in [9.17, 15) is 0 Å². The molecule has 0 heterocycles. The first-order chi connectivity index (χ1) is 10.2. The number of hydrogen-bond donors (Lipinski definition) is 1. The molecule has 112 valence electrons. The van der Waals surface area contributed by atoms with Crippen molar-refractivity contribution in [3.63, 3.8) is 0 Å². The predicted octanol–water partition coefficient (Wildman–Crippen LogP) is 5.26. The van der Waals surface area contributed by atoms with Crippen molar-refractivity contribution in [3.05, 3.63) is 69.2 Å². The van der Waals surface area contributed by atoms with E-state index in [0.717, 1.165) is 35.3 Å². The molecule has 1 nitrogen and oxygen atoms in total. The standard InChI is InChI=1S/C18H21BrClN/c1-2-11-21-17(12-14-7-9-16(19)10-8-14)13-15-5-3-4-6-18(15)20/h3-10,17,21H,2,11-13H2,1H3. The summed E-state index contributed by atoms with van der Waals surface area (Å²) in [6.07, 6.45) is 3.10. The summed E-state index contributed by atoms with van der Waals surface area (Å²) in [5, 5.41) is 4.50. The smallest absolute Gasteiger partial charge is 0.0438 e. The van der Waals surface area contributed by atoms with E-state index >= 15 is 0 Å². The van der Waals surface area contributed by atoms with Gasteiger partial charge in [-0.3, -0.25) is 0 Å². The monoisotopic (exact) mass is 365 g/mol. The molecule has 0 aliphatic heterocycles. The van der Waals surface area contributed by atoms with Crippen LogP contribution in [0.1, 0.15) is 24.5 Å². The minimum Gasteiger partial charge on any atom is -0.313 e. The van der Waals surface area contributed by atoms with Crippen LogP contribution >= 0.6 is 27.5 Å². The highest BCUT2D eigenvalue weighted by atomic mass is 79.9. The molecule has 0 aromatic heterocycles. The molecule has 21 heavy (non-hydrogen) atoms. The van der Waals surface area contributed by atoms with E-state index in [-0.39, 0.29) is 0 Å². The van der Waals surface area contributed by atoms with Gasteiger partial charge in [-0.25, -0.2) is 0 Å². The number of rotatable bonds is 7. The molecule has 0 aliphatic carbocycles. The van der Waals surface area contributed by atoms with Crippen LogP contribution in [0.5, 0.6) is 0 Å². The van der Waals surface area contributed by atoms with Crippen LogP contribution in [0.15, 0.2) is 53.0 Å². The van der Waals surface area contributed by atoms with Gasteiger partial charge in [0, 0.05) is 15.5 Å². The lowest BCUT2D eigenvalue weighted by Crippen LogP contribution is -2.33. The molecule has 0 spiro atoms. The minimum absolute atomic E-state index is 0.408. The maximum Gasteiger partial charge on any atom is 0.0438 e. The van der Waals surface area contributed by atoms with Crippen LogP contribution in [0.3, 0.4) is 0 Å². The highest BCUT2D eigenvalue weighted by molar-refractivity contribution is 9.10. The molecule has 0 amide bonds. The second kappa shape index (κ2) is 8.57. The van der Waals surface area contributed by atoms with Crippen LogP contribution in [0, 0.1) is 0 Å². The van der Waals surface area contributed by atoms with Crippen molar-refractivity contribution in [1.29, 1.82) is 0 Å². The lowest BCUT2D eigenvalue weighted by molar-refractivity contribution is 0.505. The fourth-order valence-corrected chi connectivity index (χ4v) is 2.88. The van der Waals surface area contributed by atoms with Gasteiger partial charge in [0.2, 0.25) is 0 Å². The first kappa shape index (κ1) is 16.5. The zero-order valence-corrected chi connectivity index (χ0v) is 14.6. The molecular formula is C18H21BrClN. The quantitative estimate of drug-likeness (QED) is 0.705. The largest absolute Gasteiger partial charge is 0.313 e. The second-order valence-corrected chi connectivity index (χ2v) is 6.60. The maximum atomic E-state index is 6.29. The molecule has 3 heteroatoms. The van der Waals surface area contributed by atoms with Crippen LogP contribution in [-0.2, 0) is 12.8 Å². The lowest BCUT2D eigenvalue weighted by atomic mass is 9.99. The third-order valence-corrected chi connectivity index (χ3v) is 4.40. The molecule has 0 aliphatic rings. The summed E-state index contributed by atoms with van der Waals surface area (Å²) in [6, 6.07) is 17.1. The third kappa shape index (κ3) is 5.46. The summed E-state index contributed by atoms with van der Waals surface area (Å²) in [6.45, 7) is 3.23. The third-order valence-electron chi connectivity index (χ3n) is 3.50. The van der Waals surface area contributed by atoms with Gasteiger partial charge in [-0.05, 0) is 55.1 Å². The summed E-state index contributed by atoms with van der Waals surface area (Å²) < 4.78 is 1.12. The van der Waals surface area contributed by atoms with Crippen LogP contribution < -0.4 is 5.32 Å².